The van der Waals surface area contributed by atoms with Crippen molar-refractivity contribution in [3.8, 4) is 5.75 Å². The maximum absolute atomic E-state index is 5.58. The third kappa shape index (κ3) is 1.85. The van der Waals surface area contributed by atoms with Crippen LogP contribution >= 0.6 is 15.9 Å². The highest BCUT2D eigenvalue weighted by Gasteiger charge is 2.22. The minimum absolute atomic E-state index is 0.0642. The van der Waals surface area contributed by atoms with E-state index in [-0.39, 0.29) is 6.10 Å². The molecular formula is C9H10BrNO2. The molecule has 0 aliphatic carbocycles. The SMILES string of the molecule is NOCC1Cc2cc(Br)ccc2O1. The molecule has 0 fully saturated rings. The quantitative estimate of drug-likeness (QED) is 0.804. The first-order valence-corrected chi connectivity index (χ1v) is 4.85. The summed E-state index contributed by atoms with van der Waals surface area (Å²) >= 11 is 3.41. The molecule has 0 aromatic heterocycles. The predicted octanol–water partition coefficient (Wildman–Crippen LogP) is 1.64. The first-order valence-electron chi connectivity index (χ1n) is 4.06. The van der Waals surface area contributed by atoms with Crippen molar-refractivity contribution in [2.75, 3.05) is 6.61 Å². The summed E-state index contributed by atoms with van der Waals surface area (Å²) in [6.07, 6.45) is 0.931. The largest absolute Gasteiger partial charge is 0.487 e. The van der Waals surface area contributed by atoms with E-state index in [1.807, 2.05) is 12.1 Å². The van der Waals surface area contributed by atoms with Gasteiger partial charge in [0.25, 0.3) is 0 Å². The Morgan fingerprint density at radius 1 is 1.62 bits per heavy atom. The fraction of sp³-hybridized carbons (Fsp3) is 0.333. The van der Waals surface area contributed by atoms with Gasteiger partial charge in [0.1, 0.15) is 18.5 Å². The lowest BCUT2D eigenvalue weighted by atomic mass is 10.1. The highest BCUT2D eigenvalue weighted by atomic mass is 79.9. The Bertz CT molecular complexity index is 316. The third-order valence-electron chi connectivity index (χ3n) is 2.05. The minimum Gasteiger partial charge on any atom is -0.487 e. The van der Waals surface area contributed by atoms with Crippen LogP contribution < -0.4 is 10.6 Å². The van der Waals surface area contributed by atoms with Crippen LogP contribution in [0.15, 0.2) is 22.7 Å². The molecule has 0 amide bonds. The Labute approximate surface area is 84.9 Å². The Morgan fingerprint density at radius 2 is 2.46 bits per heavy atom. The van der Waals surface area contributed by atoms with Crippen molar-refractivity contribution in [2.45, 2.75) is 12.5 Å². The van der Waals surface area contributed by atoms with E-state index in [9.17, 15) is 0 Å². The van der Waals surface area contributed by atoms with Crippen LogP contribution in [0.1, 0.15) is 5.56 Å². The zero-order chi connectivity index (χ0) is 9.26. The first-order chi connectivity index (χ1) is 6.29. The molecule has 1 atom stereocenters. The first kappa shape index (κ1) is 8.99. The molecule has 13 heavy (non-hydrogen) atoms. The summed E-state index contributed by atoms with van der Waals surface area (Å²) < 4.78 is 6.65. The van der Waals surface area contributed by atoms with Crippen molar-refractivity contribution >= 4 is 15.9 Å². The average Bonchev–Trinajstić information content (AvgIpc) is 2.46. The summed E-state index contributed by atoms with van der Waals surface area (Å²) in [7, 11) is 0. The fourth-order valence-corrected chi connectivity index (χ4v) is 1.90. The molecule has 1 unspecified atom stereocenters. The van der Waals surface area contributed by atoms with Crippen LogP contribution in [0.2, 0.25) is 0 Å². The van der Waals surface area contributed by atoms with Crippen LogP contribution in [0.25, 0.3) is 0 Å². The lowest BCUT2D eigenvalue weighted by molar-refractivity contribution is 0.0609. The second kappa shape index (κ2) is 3.65. The van der Waals surface area contributed by atoms with Gasteiger partial charge in [-0.25, -0.2) is 5.90 Å². The van der Waals surface area contributed by atoms with E-state index < -0.39 is 0 Å². The Hall–Kier alpha value is -0.580. The average molecular weight is 244 g/mol. The zero-order valence-electron chi connectivity index (χ0n) is 7.00. The number of halogens is 1. The zero-order valence-corrected chi connectivity index (χ0v) is 8.58. The van der Waals surface area contributed by atoms with Crippen LogP contribution in [0.4, 0.5) is 0 Å². The van der Waals surface area contributed by atoms with Crippen LogP contribution in [0.3, 0.4) is 0 Å². The highest BCUT2D eigenvalue weighted by molar-refractivity contribution is 9.10. The van der Waals surface area contributed by atoms with Crippen LogP contribution in [-0.4, -0.2) is 12.7 Å². The number of ether oxygens (including phenoxy) is 1. The molecule has 2 rings (SSSR count). The third-order valence-corrected chi connectivity index (χ3v) is 2.54. The van der Waals surface area contributed by atoms with Gasteiger partial charge in [-0.05, 0) is 23.8 Å². The summed E-state index contributed by atoms with van der Waals surface area (Å²) in [5.74, 6) is 5.92. The van der Waals surface area contributed by atoms with Gasteiger partial charge in [0.15, 0.2) is 0 Å². The number of benzene rings is 1. The molecular weight excluding hydrogens is 234 g/mol. The van der Waals surface area contributed by atoms with Gasteiger partial charge < -0.3 is 9.57 Å². The topological polar surface area (TPSA) is 44.5 Å². The van der Waals surface area contributed by atoms with E-state index in [2.05, 4.69) is 26.8 Å². The van der Waals surface area contributed by atoms with Crippen LogP contribution in [-0.2, 0) is 11.3 Å². The van der Waals surface area contributed by atoms with Gasteiger partial charge >= 0.3 is 0 Å². The summed E-state index contributed by atoms with van der Waals surface area (Å²) in [6, 6.07) is 5.98. The lowest BCUT2D eigenvalue weighted by Gasteiger charge is -2.07. The van der Waals surface area contributed by atoms with Gasteiger partial charge in [-0.2, -0.15) is 0 Å². The van der Waals surface area contributed by atoms with E-state index in [4.69, 9.17) is 10.6 Å². The molecule has 0 saturated carbocycles. The Balaban J connectivity index is 2.16. The molecule has 1 aromatic rings. The molecule has 0 saturated heterocycles. The molecule has 1 heterocycles. The van der Waals surface area contributed by atoms with Gasteiger partial charge in [0.2, 0.25) is 0 Å². The molecule has 3 nitrogen and oxygen atoms in total. The molecule has 0 radical (unpaired) electrons. The number of rotatable bonds is 2. The smallest absolute Gasteiger partial charge is 0.128 e. The van der Waals surface area contributed by atoms with Crippen LogP contribution in [0.5, 0.6) is 5.75 Å². The van der Waals surface area contributed by atoms with Crippen molar-refractivity contribution < 1.29 is 9.57 Å². The normalized spacial score (nSPS) is 19.7. The second-order valence-electron chi connectivity index (χ2n) is 3.03. The van der Waals surface area contributed by atoms with E-state index >= 15 is 0 Å². The van der Waals surface area contributed by atoms with Gasteiger partial charge in [-0.3, -0.25) is 0 Å². The second-order valence-corrected chi connectivity index (χ2v) is 3.95. The molecule has 70 valence electrons. The monoisotopic (exact) mass is 243 g/mol. The highest BCUT2D eigenvalue weighted by Crippen LogP contribution is 2.30. The van der Waals surface area contributed by atoms with Crippen molar-refractivity contribution in [2.24, 2.45) is 5.90 Å². The van der Waals surface area contributed by atoms with E-state index in [0.717, 1.165) is 16.6 Å². The summed E-state index contributed by atoms with van der Waals surface area (Å²) in [6.45, 7) is 0.437. The van der Waals surface area contributed by atoms with Gasteiger partial charge in [-0.15, -0.1) is 0 Å². The molecule has 4 heteroatoms. The molecule has 0 bridgehead atoms. The van der Waals surface area contributed by atoms with Gasteiger partial charge in [-0.1, -0.05) is 15.9 Å². The molecule has 2 N–H and O–H groups in total. The number of nitrogens with two attached hydrogens (primary N) is 1. The van der Waals surface area contributed by atoms with Crippen LogP contribution in [0, 0.1) is 0 Å². The molecule has 1 aromatic carbocycles. The van der Waals surface area contributed by atoms with Gasteiger partial charge in [0, 0.05) is 10.9 Å². The van der Waals surface area contributed by atoms with Crippen molar-refractivity contribution in [3.63, 3.8) is 0 Å². The molecule has 0 spiro atoms. The number of hydrogen-bond donors (Lipinski definition) is 1. The van der Waals surface area contributed by atoms with E-state index in [1.165, 1.54) is 5.56 Å². The Kier molecular flexibility index (Phi) is 2.53. The minimum atomic E-state index is 0.0642. The van der Waals surface area contributed by atoms with Crippen molar-refractivity contribution in [1.29, 1.82) is 0 Å². The number of fused-ring (bicyclic) bond motifs is 1. The molecule has 1 aliphatic rings. The Morgan fingerprint density at radius 3 is 3.23 bits per heavy atom. The van der Waals surface area contributed by atoms with Gasteiger partial charge in [0.05, 0.1) is 0 Å². The number of hydrogen-bond acceptors (Lipinski definition) is 3. The maximum Gasteiger partial charge on any atom is 0.128 e. The maximum atomic E-state index is 5.58. The van der Waals surface area contributed by atoms with Crippen molar-refractivity contribution in [3.05, 3.63) is 28.2 Å². The standard InChI is InChI=1S/C9H10BrNO2/c10-7-1-2-9-6(3-7)4-8(13-9)5-12-11/h1-3,8H,4-5,11H2. The fourth-order valence-electron chi connectivity index (χ4n) is 1.49. The summed E-state index contributed by atoms with van der Waals surface area (Å²) in [5, 5.41) is 0. The van der Waals surface area contributed by atoms with E-state index in [1.54, 1.807) is 0 Å². The van der Waals surface area contributed by atoms with Crippen molar-refractivity contribution in [1.82, 2.24) is 0 Å². The lowest BCUT2D eigenvalue weighted by Crippen LogP contribution is -2.22. The molecule has 1 aliphatic heterocycles. The van der Waals surface area contributed by atoms with E-state index in [0.29, 0.717) is 6.61 Å². The summed E-state index contributed by atoms with van der Waals surface area (Å²) in [4.78, 5) is 4.55. The summed E-state index contributed by atoms with van der Waals surface area (Å²) in [5.41, 5.74) is 1.21. The predicted molar refractivity (Wildman–Crippen MR) is 52.4 cm³/mol.